The predicted molar refractivity (Wildman–Crippen MR) is 112 cm³/mol. The van der Waals surface area contributed by atoms with Crippen molar-refractivity contribution >= 4 is 34.7 Å². The normalized spacial score (nSPS) is 19.8. The number of hydrogen-bond donors (Lipinski definition) is 0. The number of fused-ring (bicyclic) bond motifs is 2. The number of carbonyl (C=O) groups excluding carboxylic acids is 2. The van der Waals surface area contributed by atoms with Crippen LogP contribution in [0.25, 0.3) is 5.76 Å². The van der Waals surface area contributed by atoms with Crippen molar-refractivity contribution in [3.63, 3.8) is 0 Å². The lowest BCUT2D eigenvalue weighted by molar-refractivity contribution is -0.134. The Labute approximate surface area is 173 Å². The van der Waals surface area contributed by atoms with Crippen molar-refractivity contribution < 1.29 is 14.3 Å². The molecule has 2 aliphatic heterocycles. The first-order chi connectivity index (χ1) is 14.1. The average Bonchev–Trinajstić information content (AvgIpc) is 2.97. The molecule has 2 heterocycles. The number of ketones is 1. The third-order valence-corrected chi connectivity index (χ3v) is 5.75. The molecule has 0 radical (unpaired) electrons. The highest BCUT2D eigenvalue weighted by Gasteiger charge is 2.64. The number of rotatable bonds is 3. The third-order valence-electron chi connectivity index (χ3n) is 5.44. The van der Waals surface area contributed by atoms with Gasteiger partial charge in [0, 0.05) is 23.7 Å². The molecule has 0 unspecified atom stereocenters. The molecule has 0 bridgehead atoms. The molecule has 3 aromatic rings. The highest BCUT2D eigenvalue weighted by molar-refractivity contribution is 6.36. The van der Waals surface area contributed by atoms with Crippen molar-refractivity contribution in [2.75, 3.05) is 11.9 Å². The van der Waals surface area contributed by atoms with E-state index in [2.05, 4.69) is 0 Å². The van der Waals surface area contributed by atoms with Crippen LogP contribution in [0.5, 0.6) is 0 Å². The first-order valence-electron chi connectivity index (χ1n) is 9.22. The molecule has 1 atom stereocenters. The van der Waals surface area contributed by atoms with Gasteiger partial charge in [-0.15, -0.1) is 0 Å². The zero-order valence-corrected chi connectivity index (χ0v) is 16.3. The van der Waals surface area contributed by atoms with E-state index in [1.54, 1.807) is 49.5 Å². The maximum atomic E-state index is 13.6. The fraction of sp³-hybridized carbons (Fsp3) is 0.0833. The summed E-state index contributed by atoms with van der Waals surface area (Å²) in [6.07, 6.45) is 0. The van der Waals surface area contributed by atoms with Gasteiger partial charge < -0.3 is 9.64 Å². The Morgan fingerprint density at radius 3 is 2.28 bits per heavy atom. The van der Waals surface area contributed by atoms with Gasteiger partial charge >= 0.3 is 0 Å². The minimum atomic E-state index is -1.48. The minimum absolute atomic E-state index is 0.231. The third kappa shape index (κ3) is 2.33. The predicted octanol–water partition coefficient (Wildman–Crippen LogP) is 4.84. The van der Waals surface area contributed by atoms with E-state index in [0.717, 1.165) is 5.56 Å². The number of anilines is 1. The molecule has 0 aliphatic carbocycles. The molecule has 1 amide bonds. The van der Waals surface area contributed by atoms with Gasteiger partial charge in [-0.3, -0.25) is 9.59 Å². The number of amides is 1. The van der Waals surface area contributed by atoms with Crippen molar-refractivity contribution in [3.05, 3.63) is 106 Å². The molecule has 5 rings (SSSR count). The van der Waals surface area contributed by atoms with Crippen LogP contribution in [0.4, 0.5) is 5.69 Å². The summed E-state index contributed by atoms with van der Waals surface area (Å²) in [5, 5.41) is 0.443. The summed E-state index contributed by atoms with van der Waals surface area (Å²) in [7, 11) is 1.65. The lowest BCUT2D eigenvalue weighted by atomic mass is 9.76. The summed E-state index contributed by atoms with van der Waals surface area (Å²) >= 11 is 6.39. The number of para-hydroxylation sites is 1. The summed E-state index contributed by atoms with van der Waals surface area (Å²) in [5.41, 5.74) is 1.29. The summed E-state index contributed by atoms with van der Waals surface area (Å²) in [6.45, 7) is 0. The Balaban J connectivity index is 1.78. The van der Waals surface area contributed by atoms with Gasteiger partial charge in [0.2, 0.25) is 5.60 Å². The standard InChI is InChI=1S/C24H16ClNO3/c1-26-20-17(13-8-14-18(20)25)24(23(26)28)19(21(27)15-9-4-2-5-10-15)22(29-24)16-11-6-3-7-12-16/h2-14H,1H3/t24-/m1/s1. The van der Waals surface area contributed by atoms with Crippen molar-refractivity contribution in [1.82, 2.24) is 0 Å². The fourth-order valence-electron chi connectivity index (χ4n) is 4.09. The van der Waals surface area contributed by atoms with Crippen molar-refractivity contribution in [2.24, 2.45) is 0 Å². The second-order valence-corrected chi connectivity index (χ2v) is 7.46. The molecule has 0 saturated carbocycles. The van der Waals surface area contributed by atoms with Crippen LogP contribution < -0.4 is 4.90 Å². The van der Waals surface area contributed by atoms with Crippen LogP contribution in [0, 0.1) is 0 Å². The van der Waals surface area contributed by atoms with E-state index in [1.165, 1.54) is 4.90 Å². The SMILES string of the molecule is CN1C(=O)[C@@]2(OC(c3ccccc3)=C2C(=O)c2ccccc2)c2cccc(Cl)c21. The van der Waals surface area contributed by atoms with Crippen LogP contribution in [0.1, 0.15) is 21.5 Å². The molecule has 0 fully saturated rings. The monoisotopic (exact) mass is 401 g/mol. The molecule has 142 valence electrons. The van der Waals surface area contributed by atoms with E-state index in [9.17, 15) is 9.59 Å². The molecule has 1 spiro atoms. The Hall–Kier alpha value is -3.37. The van der Waals surface area contributed by atoms with Crippen molar-refractivity contribution in [2.45, 2.75) is 5.60 Å². The van der Waals surface area contributed by atoms with Gasteiger partial charge in [0.25, 0.3) is 5.91 Å². The van der Waals surface area contributed by atoms with Gasteiger partial charge in [-0.05, 0) is 6.07 Å². The molecule has 4 nitrogen and oxygen atoms in total. The first kappa shape index (κ1) is 17.7. The number of ether oxygens (including phenoxy) is 1. The van der Waals surface area contributed by atoms with Gasteiger partial charge in [-0.25, -0.2) is 0 Å². The van der Waals surface area contributed by atoms with Crippen LogP contribution in [-0.4, -0.2) is 18.7 Å². The summed E-state index contributed by atoms with van der Waals surface area (Å²) in [4.78, 5) is 28.4. The van der Waals surface area contributed by atoms with Gasteiger partial charge in [-0.1, -0.05) is 84.4 Å². The highest BCUT2D eigenvalue weighted by atomic mass is 35.5. The van der Waals surface area contributed by atoms with Crippen LogP contribution in [0.3, 0.4) is 0 Å². The first-order valence-corrected chi connectivity index (χ1v) is 9.59. The fourth-order valence-corrected chi connectivity index (χ4v) is 4.39. The number of carbonyl (C=O) groups is 2. The number of Topliss-reactive ketones (excluding diaryl/α,β-unsaturated/α-hetero) is 1. The quantitative estimate of drug-likeness (QED) is 0.590. The van der Waals surface area contributed by atoms with Crippen LogP contribution in [0.15, 0.2) is 84.4 Å². The second kappa shape index (κ2) is 6.33. The number of halogens is 1. The Kier molecular flexibility index (Phi) is 3.86. The number of likely N-dealkylation sites (N-methyl/N-ethyl adjacent to an activating group) is 1. The highest BCUT2D eigenvalue weighted by Crippen LogP contribution is 2.58. The van der Waals surface area contributed by atoms with E-state index in [1.807, 2.05) is 36.4 Å². The topological polar surface area (TPSA) is 46.6 Å². The number of nitrogens with zero attached hydrogens (tertiary/aromatic N) is 1. The molecule has 3 aromatic carbocycles. The maximum Gasteiger partial charge on any atom is 0.280 e. The van der Waals surface area contributed by atoms with Crippen LogP contribution >= 0.6 is 11.6 Å². The van der Waals surface area contributed by atoms with E-state index >= 15 is 0 Å². The largest absolute Gasteiger partial charge is 0.466 e. The van der Waals surface area contributed by atoms with E-state index < -0.39 is 5.60 Å². The minimum Gasteiger partial charge on any atom is -0.466 e. The van der Waals surface area contributed by atoms with Crippen molar-refractivity contribution in [3.8, 4) is 0 Å². The molecule has 5 heteroatoms. The van der Waals surface area contributed by atoms with Gasteiger partial charge in [0.05, 0.1) is 10.7 Å². The Bertz CT molecular complexity index is 1190. The molecule has 0 saturated heterocycles. The number of benzene rings is 3. The smallest absolute Gasteiger partial charge is 0.280 e. The van der Waals surface area contributed by atoms with E-state index in [-0.39, 0.29) is 11.7 Å². The van der Waals surface area contributed by atoms with Gasteiger partial charge in [0.1, 0.15) is 11.3 Å². The van der Waals surface area contributed by atoms with Crippen molar-refractivity contribution in [1.29, 1.82) is 0 Å². The summed E-state index contributed by atoms with van der Waals surface area (Å²) in [5.74, 6) is -0.126. The van der Waals surface area contributed by atoms with E-state index in [0.29, 0.717) is 33.2 Å². The molecule has 2 aliphatic rings. The average molecular weight is 402 g/mol. The molecular weight excluding hydrogens is 386 g/mol. The van der Waals surface area contributed by atoms with Gasteiger partial charge in [0.15, 0.2) is 5.78 Å². The summed E-state index contributed by atoms with van der Waals surface area (Å²) in [6, 6.07) is 23.6. The van der Waals surface area contributed by atoms with E-state index in [4.69, 9.17) is 16.3 Å². The van der Waals surface area contributed by atoms with Gasteiger partial charge in [-0.2, -0.15) is 0 Å². The molecule has 0 N–H and O–H groups in total. The lowest BCUT2D eigenvalue weighted by Gasteiger charge is -2.41. The zero-order valence-electron chi connectivity index (χ0n) is 15.6. The molecule has 29 heavy (non-hydrogen) atoms. The molecular formula is C24H16ClNO3. The van der Waals surface area contributed by atoms with Crippen LogP contribution in [-0.2, 0) is 15.1 Å². The van der Waals surface area contributed by atoms with Crippen LogP contribution in [0.2, 0.25) is 5.02 Å². The zero-order chi connectivity index (χ0) is 20.2. The molecule has 0 aromatic heterocycles. The Morgan fingerprint density at radius 2 is 1.59 bits per heavy atom. The lowest BCUT2D eigenvalue weighted by Crippen LogP contribution is -2.50. The summed E-state index contributed by atoms with van der Waals surface area (Å²) < 4.78 is 6.20. The Morgan fingerprint density at radius 1 is 0.931 bits per heavy atom. The second-order valence-electron chi connectivity index (χ2n) is 7.05. The maximum absolute atomic E-state index is 13.6. The number of hydrogen-bond acceptors (Lipinski definition) is 3.